The molecular formula is C28H24N2O. The Hall–Kier alpha value is -3.98. The van der Waals surface area contributed by atoms with E-state index in [-0.39, 0.29) is 5.91 Å². The number of carbonyl (C=O) groups is 1. The summed E-state index contributed by atoms with van der Waals surface area (Å²) in [5.74, 6) is -0.572. The number of nitrogens with one attached hydrogen (secondary N) is 1. The average molecular weight is 405 g/mol. The van der Waals surface area contributed by atoms with Crippen LogP contribution in [0.2, 0.25) is 0 Å². The van der Waals surface area contributed by atoms with Crippen LogP contribution in [-0.2, 0) is 4.79 Å². The van der Waals surface area contributed by atoms with Crippen molar-refractivity contribution in [1.82, 2.24) is 5.43 Å². The van der Waals surface area contributed by atoms with E-state index in [2.05, 4.69) is 34.8 Å². The van der Waals surface area contributed by atoms with Gasteiger partial charge < -0.3 is 0 Å². The molecule has 0 unspecified atom stereocenters. The summed E-state index contributed by atoms with van der Waals surface area (Å²) in [6.45, 7) is 1.90. The predicted octanol–water partition coefficient (Wildman–Crippen LogP) is 6.03. The summed E-state index contributed by atoms with van der Waals surface area (Å²) >= 11 is 0. The van der Waals surface area contributed by atoms with Crippen molar-refractivity contribution in [3.8, 4) is 11.1 Å². The molecule has 0 radical (unpaired) electrons. The van der Waals surface area contributed by atoms with Gasteiger partial charge in [-0.15, -0.1) is 0 Å². The van der Waals surface area contributed by atoms with E-state index in [0.717, 1.165) is 28.0 Å². The molecule has 0 aromatic heterocycles. The fraction of sp³-hybridized carbons (Fsp3) is 0.0714. The normalized spacial score (nSPS) is 11.4. The minimum absolute atomic E-state index is 0.155. The maximum absolute atomic E-state index is 13.1. The van der Waals surface area contributed by atoms with E-state index in [4.69, 9.17) is 0 Å². The third-order valence-corrected chi connectivity index (χ3v) is 5.27. The van der Waals surface area contributed by atoms with Crippen LogP contribution in [0.4, 0.5) is 0 Å². The highest BCUT2D eigenvalue weighted by Crippen LogP contribution is 2.25. The zero-order valence-corrected chi connectivity index (χ0v) is 17.4. The molecule has 1 N–H and O–H groups in total. The lowest BCUT2D eigenvalue weighted by Gasteiger charge is -2.16. The van der Waals surface area contributed by atoms with Crippen LogP contribution in [0.1, 0.15) is 29.5 Å². The van der Waals surface area contributed by atoms with E-state index in [0.29, 0.717) is 0 Å². The Morgan fingerprint density at radius 1 is 0.645 bits per heavy atom. The van der Waals surface area contributed by atoms with Gasteiger partial charge in [-0.2, -0.15) is 5.10 Å². The maximum atomic E-state index is 13.1. The zero-order valence-electron chi connectivity index (χ0n) is 17.4. The number of hydrogen-bond donors (Lipinski definition) is 1. The van der Waals surface area contributed by atoms with Crippen molar-refractivity contribution in [1.29, 1.82) is 0 Å². The second-order valence-corrected chi connectivity index (χ2v) is 7.37. The van der Waals surface area contributed by atoms with E-state index in [1.165, 1.54) is 5.56 Å². The van der Waals surface area contributed by atoms with Crippen molar-refractivity contribution in [3.63, 3.8) is 0 Å². The Morgan fingerprint density at radius 3 is 1.61 bits per heavy atom. The second-order valence-electron chi connectivity index (χ2n) is 7.37. The van der Waals surface area contributed by atoms with E-state index in [9.17, 15) is 4.79 Å². The second kappa shape index (κ2) is 9.68. The molecule has 0 aliphatic heterocycles. The molecule has 3 heteroatoms. The molecule has 31 heavy (non-hydrogen) atoms. The number of hydrazone groups is 1. The van der Waals surface area contributed by atoms with Crippen LogP contribution in [0.15, 0.2) is 120 Å². The molecule has 0 saturated carbocycles. The van der Waals surface area contributed by atoms with Crippen LogP contribution in [0.5, 0.6) is 0 Å². The topological polar surface area (TPSA) is 41.5 Å². The molecule has 0 bridgehead atoms. The summed E-state index contributed by atoms with van der Waals surface area (Å²) in [7, 11) is 0. The molecule has 4 rings (SSSR count). The largest absolute Gasteiger partial charge is 0.272 e. The lowest BCUT2D eigenvalue weighted by molar-refractivity contribution is -0.121. The van der Waals surface area contributed by atoms with Gasteiger partial charge in [0.15, 0.2) is 0 Å². The number of rotatable bonds is 6. The first kappa shape index (κ1) is 20.3. The van der Waals surface area contributed by atoms with Crippen molar-refractivity contribution < 1.29 is 4.79 Å². The van der Waals surface area contributed by atoms with Gasteiger partial charge in [-0.25, -0.2) is 5.43 Å². The fourth-order valence-corrected chi connectivity index (χ4v) is 3.59. The van der Waals surface area contributed by atoms with Gasteiger partial charge >= 0.3 is 0 Å². The van der Waals surface area contributed by atoms with Crippen LogP contribution in [0.25, 0.3) is 11.1 Å². The number of carbonyl (C=O) groups excluding carboxylic acids is 1. The molecule has 1 amide bonds. The van der Waals surface area contributed by atoms with Crippen molar-refractivity contribution in [2.75, 3.05) is 0 Å². The van der Waals surface area contributed by atoms with E-state index in [1.807, 2.05) is 97.9 Å². The van der Waals surface area contributed by atoms with E-state index >= 15 is 0 Å². The first-order valence-corrected chi connectivity index (χ1v) is 10.3. The molecule has 4 aromatic rings. The molecular weight excluding hydrogens is 380 g/mol. The zero-order chi connectivity index (χ0) is 21.5. The highest BCUT2D eigenvalue weighted by molar-refractivity contribution is 6.00. The van der Waals surface area contributed by atoms with Gasteiger partial charge in [-0.3, -0.25) is 4.79 Å². The highest BCUT2D eigenvalue weighted by Gasteiger charge is 2.22. The van der Waals surface area contributed by atoms with E-state index < -0.39 is 5.92 Å². The van der Waals surface area contributed by atoms with Crippen LogP contribution in [0.3, 0.4) is 0 Å². The molecule has 0 fully saturated rings. The third-order valence-electron chi connectivity index (χ3n) is 5.27. The number of hydrogen-bond acceptors (Lipinski definition) is 2. The fourth-order valence-electron chi connectivity index (χ4n) is 3.59. The summed E-state index contributed by atoms with van der Waals surface area (Å²) < 4.78 is 0. The Bertz CT molecular complexity index is 1110. The molecule has 0 atom stereocenters. The molecule has 0 heterocycles. The van der Waals surface area contributed by atoms with Gasteiger partial charge in [0.25, 0.3) is 5.91 Å². The Morgan fingerprint density at radius 2 is 1.10 bits per heavy atom. The molecule has 0 aliphatic carbocycles. The summed E-state index contributed by atoms with van der Waals surface area (Å²) in [5, 5.41) is 4.39. The van der Waals surface area contributed by atoms with Gasteiger partial charge in [-0.1, -0.05) is 115 Å². The summed E-state index contributed by atoms with van der Waals surface area (Å²) in [6, 6.07) is 38.0. The van der Waals surface area contributed by atoms with Gasteiger partial charge in [0.05, 0.1) is 11.6 Å². The van der Waals surface area contributed by atoms with E-state index in [1.54, 1.807) is 0 Å². The predicted molar refractivity (Wildman–Crippen MR) is 127 cm³/mol. The van der Waals surface area contributed by atoms with Gasteiger partial charge in [-0.05, 0) is 34.7 Å². The SMILES string of the molecule is C/C(=N/NC(=O)C(c1ccccc1)c1ccccc1)c1ccc(-c2ccccc2)cc1. The standard InChI is InChI=1S/C28H24N2O/c1-21(22-17-19-24(20-18-22)23-11-5-2-6-12-23)29-30-28(31)27(25-13-7-3-8-14-25)26-15-9-4-10-16-26/h2-20,27H,1H3,(H,30,31)/b29-21-. The smallest absolute Gasteiger partial charge is 0.252 e. The Balaban J connectivity index is 1.52. The minimum atomic E-state index is -0.417. The molecule has 0 aliphatic rings. The number of amides is 1. The van der Waals surface area contributed by atoms with Crippen LogP contribution < -0.4 is 5.43 Å². The van der Waals surface area contributed by atoms with Crippen molar-refractivity contribution >= 4 is 11.6 Å². The van der Waals surface area contributed by atoms with Crippen molar-refractivity contribution in [2.45, 2.75) is 12.8 Å². The molecule has 0 saturated heterocycles. The van der Waals surface area contributed by atoms with Gasteiger partial charge in [0, 0.05) is 0 Å². The van der Waals surface area contributed by atoms with Crippen LogP contribution in [0, 0.1) is 0 Å². The summed E-state index contributed by atoms with van der Waals surface area (Å²) in [5.41, 5.74) is 8.69. The maximum Gasteiger partial charge on any atom is 0.252 e. The minimum Gasteiger partial charge on any atom is -0.272 e. The first-order valence-electron chi connectivity index (χ1n) is 10.3. The highest BCUT2D eigenvalue weighted by atomic mass is 16.2. The molecule has 3 nitrogen and oxygen atoms in total. The quantitative estimate of drug-likeness (QED) is 0.310. The molecule has 152 valence electrons. The third kappa shape index (κ3) is 4.96. The first-order chi connectivity index (χ1) is 15.2. The summed E-state index contributed by atoms with van der Waals surface area (Å²) in [6.07, 6.45) is 0. The van der Waals surface area contributed by atoms with Gasteiger partial charge in [0.2, 0.25) is 0 Å². The Labute approximate surface area is 183 Å². The lowest BCUT2D eigenvalue weighted by Crippen LogP contribution is -2.27. The monoisotopic (exact) mass is 404 g/mol. The van der Waals surface area contributed by atoms with Crippen LogP contribution >= 0.6 is 0 Å². The summed E-state index contributed by atoms with van der Waals surface area (Å²) in [4.78, 5) is 13.1. The van der Waals surface area contributed by atoms with Crippen LogP contribution in [-0.4, -0.2) is 11.6 Å². The molecule has 0 spiro atoms. The number of benzene rings is 4. The Kier molecular flexibility index (Phi) is 6.34. The van der Waals surface area contributed by atoms with Gasteiger partial charge in [0.1, 0.15) is 0 Å². The number of nitrogens with zero attached hydrogens (tertiary/aromatic N) is 1. The average Bonchev–Trinajstić information content (AvgIpc) is 2.85. The molecule has 4 aromatic carbocycles. The van der Waals surface area contributed by atoms with Crippen molar-refractivity contribution in [2.24, 2.45) is 5.10 Å². The van der Waals surface area contributed by atoms with Crippen molar-refractivity contribution in [3.05, 3.63) is 132 Å². The lowest BCUT2D eigenvalue weighted by atomic mass is 9.91.